The van der Waals surface area contributed by atoms with E-state index in [2.05, 4.69) is 22.0 Å². The van der Waals surface area contributed by atoms with Gasteiger partial charge < -0.3 is 4.90 Å². The second-order valence-electron chi connectivity index (χ2n) is 7.75. The fourth-order valence-electron chi connectivity index (χ4n) is 4.24. The highest BCUT2D eigenvalue weighted by Gasteiger charge is 2.36. The lowest BCUT2D eigenvalue weighted by Gasteiger charge is -2.40. The van der Waals surface area contributed by atoms with Gasteiger partial charge in [0.05, 0.1) is 4.90 Å². The van der Waals surface area contributed by atoms with Gasteiger partial charge in [-0.05, 0) is 62.1 Å². The number of fused-ring (bicyclic) bond motifs is 1. The van der Waals surface area contributed by atoms with Gasteiger partial charge in [0, 0.05) is 41.3 Å². The fraction of sp³-hybridized carbons (Fsp3) is 0.364. The van der Waals surface area contributed by atoms with Crippen molar-refractivity contribution in [2.45, 2.75) is 43.5 Å². The van der Waals surface area contributed by atoms with Gasteiger partial charge in [-0.2, -0.15) is 4.31 Å². The van der Waals surface area contributed by atoms with Crippen molar-refractivity contribution in [1.82, 2.24) is 4.31 Å². The minimum absolute atomic E-state index is 0.00994. The fourth-order valence-corrected chi connectivity index (χ4v) is 6.12. The smallest absolute Gasteiger partial charge is 0.243 e. The number of Topliss-reactive ketones (excluding diaryl/α,β-unsaturated/α-hetero) is 1. The second kappa shape index (κ2) is 8.24. The molecule has 2 aromatic carbocycles. The van der Waals surface area contributed by atoms with Crippen molar-refractivity contribution < 1.29 is 18.0 Å². The third-order valence-corrected chi connectivity index (χ3v) is 8.27. The highest BCUT2D eigenvalue weighted by molar-refractivity contribution is 9.10. The first-order valence-corrected chi connectivity index (χ1v) is 12.2. The molecule has 2 aliphatic heterocycles. The van der Waals surface area contributed by atoms with Crippen LogP contribution in [-0.4, -0.2) is 43.5 Å². The first-order valence-electron chi connectivity index (χ1n) is 9.99. The SMILES string of the molecule is CC(=O)c1ccc(S(=O)(=O)N2CCC(N3C(=O)CCc4cc(Br)ccc43)CC2)cc1. The number of ketones is 1. The molecule has 158 valence electrons. The molecular weight excluding hydrogens is 468 g/mol. The molecule has 4 rings (SSSR count). The van der Waals surface area contributed by atoms with Crippen molar-refractivity contribution >= 4 is 43.3 Å². The molecule has 0 bridgehead atoms. The maximum Gasteiger partial charge on any atom is 0.243 e. The molecule has 2 heterocycles. The van der Waals surface area contributed by atoms with E-state index in [-0.39, 0.29) is 22.6 Å². The molecular formula is C22H23BrN2O4S. The average Bonchev–Trinajstić information content (AvgIpc) is 2.74. The lowest BCUT2D eigenvalue weighted by atomic mass is 9.96. The van der Waals surface area contributed by atoms with Crippen LogP contribution in [-0.2, 0) is 21.2 Å². The quantitative estimate of drug-likeness (QED) is 0.611. The zero-order valence-corrected chi connectivity index (χ0v) is 19.1. The molecule has 0 spiro atoms. The van der Waals surface area contributed by atoms with Crippen LogP contribution in [0.5, 0.6) is 0 Å². The largest absolute Gasteiger partial charge is 0.309 e. The summed E-state index contributed by atoms with van der Waals surface area (Å²) in [5, 5.41) is 0. The van der Waals surface area contributed by atoms with Crippen LogP contribution in [0.4, 0.5) is 5.69 Å². The molecule has 0 saturated carbocycles. The maximum absolute atomic E-state index is 13.0. The Hall–Kier alpha value is -2.03. The summed E-state index contributed by atoms with van der Waals surface area (Å²) in [6, 6.07) is 12.0. The monoisotopic (exact) mass is 490 g/mol. The minimum atomic E-state index is -3.63. The van der Waals surface area contributed by atoms with E-state index in [1.165, 1.54) is 23.4 Å². The molecule has 0 aliphatic carbocycles. The number of halogens is 1. The van der Waals surface area contributed by atoms with Gasteiger partial charge in [0.15, 0.2) is 5.78 Å². The highest BCUT2D eigenvalue weighted by atomic mass is 79.9. The number of piperidine rings is 1. The number of carbonyl (C=O) groups is 2. The maximum atomic E-state index is 13.0. The molecule has 2 aromatic rings. The number of hydrogen-bond acceptors (Lipinski definition) is 4. The molecule has 0 aromatic heterocycles. The first-order chi connectivity index (χ1) is 14.3. The molecule has 6 nitrogen and oxygen atoms in total. The molecule has 0 unspecified atom stereocenters. The molecule has 0 atom stereocenters. The van der Waals surface area contributed by atoms with E-state index in [1.807, 2.05) is 17.0 Å². The van der Waals surface area contributed by atoms with Crippen molar-refractivity contribution in [2.75, 3.05) is 18.0 Å². The van der Waals surface area contributed by atoms with Crippen LogP contribution in [0.3, 0.4) is 0 Å². The minimum Gasteiger partial charge on any atom is -0.309 e. The number of aryl methyl sites for hydroxylation is 1. The number of nitrogens with zero attached hydrogens (tertiary/aromatic N) is 2. The van der Waals surface area contributed by atoms with Gasteiger partial charge >= 0.3 is 0 Å². The van der Waals surface area contributed by atoms with Crippen LogP contribution >= 0.6 is 15.9 Å². The zero-order chi connectivity index (χ0) is 21.5. The average molecular weight is 491 g/mol. The molecule has 1 amide bonds. The summed E-state index contributed by atoms with van der Waals surface area (Å²) in [6.45, 7) is 2.17. The van der Waals surface area contributed by atoms with Crippen molar-refractivity contribution in [1.29, 1.82) is 0 Å². The third-order valence-electron chi connectivity index (χ3n) is 5.87. The Morgan fingerprint density at radius 1 is 1.03 bits per heavy atom. The normalized spacial score (nSPS) is 18.3. The summed E-state index contributed by atoms with van der Waals surface area (Å²) < 4.78 is 28.5. The Bertz CT molecular complexity index is 1090. The van der Waals surface area contributed by atoms with Crippen molar-refractivity contribution in [3.8, 4) is 0 Å². The van der Waals surface area contributed by atoms with Gasteiger partial charge in [-0.25, -0.2) is 8.42 Å². The van der Waals surface area contributed by atoms with E-state index in [0.717, 1.165) is 22.1 Å². The van der Waals surface area contributed by atoms with Gasteiger partial charge in [0.1, 0.15) is 0 Å². The van der Waals surface area contributed by atoms with Gasteiger partial charge in [0.25, 0.3) is 0 Å². The Morgan fingerprint density at radius 3 is 2.33 bits per heavy atom. The van der Waals surface area contributed by atoms with E-state index in [4.69, 9.17) is 0 Å². The van der Waals surface area contributed by atoms with Gasteiger partial charge in [0.2, 0.25) is 15.9 Å². The standard InChI is InChI=1S/C22H23BrN2O4S/c1-15(26)16-2-6-20(7-3-16)30(28,29)24-12-10-19(11-13-24)25-21-8-5-18(23)14-17(21)4-9-22(25)27/h2-3,5-8,14,19H,4,9-13H2,1H3. The summed E-state index contributed by atoms with van der Waals surface area (Å²) in [7, 11) is -3.63. The summed E-state index contributed by atoms with van der Waals surface area (Å²) >= 11 is 3.49. The Morgan fingerprint density at radius 2 is 1.70 bits per heavy atom. The lowest BCUT2D eigenvalue weighted by Crippen LogP contribution is -2.50. The molecule has 1 saturated heterocycles. The number of sulfonamides is 1. The number of hydrogen-bond donors (Lipinski definition) is 0. The van der Waals surface area contributed by atoms with Gasteiger partial charge in [-0.1, -0.05) is 28.1 Å². The topological polar surface area (TPSA) is 74.8 Å². The van der Waals surface area contributed by atoms with Crippen molar-refractivity contribution in [3.05, 3.63) is 58.1 Å². The van der Waals surface area contributed by atoms with Crippen molar-refractivity contribution in [2.24, 2.45) is 0 Å². The van der Waals surface area contributed by atoms with Gasteiger partial charge in [-0.3, -0.25) is 9.59 Å². The first kappa shape index (κ1) is 21.2. The van der Waals surface area contributed by atoms with E-state index in [1.54, 1.807) is 12.1 Å². The van der Waals surface area contributed by atoms with Crippen molar-refractivity contribution in [3.63, 3.8) is 0 Å². The summed E-state index contributed by atoms with van der Waals surface area (Å²) in [6.07, 6.45) is 2.38. The predicted octanol–water partition coefficient (Wildman–Crippen LogP) is 3.78. The highest BCUT2D eigenvalue weighted by Crippen LogP contribution is 2.35. The third kappa shape index (κ3) is 3.96. The molecule has 0 N–H and O–H groups in total. The van der Waals surface area contributed by atoms with Gasteiger partial charge in [-0.15, -0.1) is 0 Å². The van der Waals surface area contributed by atoms with E-state index in [9.17, 15) is 18.0 Å². The van der Waals surface area contributed by atoms with E-state index < -0.39 is 10.0 Å². The molecule has 0 radical (unpaired) electrons. The predicted molar refractivity (Wildman–Crippen MR) is 118 cm³/mol. The molecule has 8 heteroatoms. The Labute approximate surface area is 185 Å². The van der Waals surface area contributed by atoms with Crippen LogP contribution in [0.2, 0.25) is 0 Å². The summed E-state index contributed by atoms with van der Waals surface area (Å²) in [4.78, 5) is 26.2. The number of benzene rings is 2. The molecule has 2 aliphatic rings. The number of rotatable bonds is 4. The summed E-state index contributed by atoms with van der Waals surface area (Å²) in [5.41, 5.74) is 2.57. The second-order valence-corrected chi connectivity index (χ2v) is 10.6. The molecule has 30 heavy (non-hydrogen) atoms. The van der Waals surface area contributed by atoms with Crippen LogP contribution in [0, 0.1) is 0 Å². The lowest BCUT2D eigenvalue weighted by molar-refractivity contribution is -0.119. The Kier molecular flexibility index (Phi) is 5.83. The number of carbonyl (C=O) groups excluding carboxylic acids is 2. The number of anilines is 1. The summed E-state index contributed by atoms with van der Waals surface area (Å²) in [5.74, 6) is 0.00391. The van der Waals surface area contributed by atoms with E-state index >= 15 is 0 Å². The molecule has 1 fully saturated rings. The van der Waals surface area contributed by atoms with Crippen LogP contribution in [0.25, 0.3) is 0 Å². The van der Waals surface area contributed by atoms with E-state index in [0.29, 0.717) is 37.9 Å². The Balaban J connectivity index is 1.50. The van der Waals surface area contributed by atoms with Crippen LogP contribution in [0.15, 0.2) is 51.8 Å². The zero-order valence-electron chi connectivity index (χ0n) is 16.7. The van der Waals surface area contributed by atoms with Crippen LogP contribution < -0.4 is 4.90 Å². The number of amides is 1. The van der Waals surface area contributed by atoms with Crippen LogP contribution in [0.1, 0.15) is 42.1 Å².